The molecule has 0 saturated heterocycles. The van der Waals surface area contributed by atoms with Crippen LogP contribution < -0.4 is 5.32 Å². The van der Waals surface area contributed by atoms with Gasteiger partial charge in [-0.15, -0.1) is 22.7 Å². The number of hydrogen-bond acceptors (Lipinski definition) is 5. The molecule has 2 aromatic heterocycles. The minimum absolute atomic E-state index is 0.00549. The number of nitrogens with one attached hydrogen (secondary N) is 1. The van der Waals surface area contributed by atoms with Crippen LogP contribution in [0, 0.1) is 0 Å². The predicted octanol–water partition coefficient (Wildman–Crippen LogP) is 2.38. The van der Waals surface area contributed by atoms with Gasteiger partial charge in [0.1, 0.15) is 4.83 Å². The molecule has 1 unspecified atom stereocenters. The third kappa shape index (κ3) is 2.22. The molecule has 18 heavy (non-hydrogen) atoms. The van der Waals surface area contributed by atoms with E-state index >= 15 is 0 Å². The van der Waals surface area contributed by atoms with Crippen LogP contribution in [0.25, 0.3) is 9.53 Å². The fourth-order valence-corrected chi connectivity index (χ4v) is 4.63. The smallest absolute Gasteiger partial charge is 0.261 e. The summed E-state index contributed by atoms with van der Waals surface area (Å²) in [6.07, 6.45) is 5.00. The number of rotatable bonds is 3. The summed E-state index contributed by atoms with van der Waals surface area (Å²) in [5, 5.41) is 3.01. The normalized spacial score (nSPS) is 17.6. The molecule has 4 nitrogen and oxygen atoms in total. The molecule has 1 aliphatic rings. The maximum Gasteiger partial charge on any atom is 0.261 e. The highest BCUT2D eigenvalue weighted by atomic mass is 32.2. The zero-order chi connectivity index (χ0) is 12.7. The molecule has 1 amide bonds. The lowest BCUT2D eigenvalue weighted by atomic mass is 9.93. The second-order valence-electron chi connectivity index (χ2n) is 4.32. The van der Waals surface area contributed by atoms with Crippen molar-refractivity contribution in [3.05, 3.63) is 10.9 Å². The van der Waals surface area contributed by atoms with Crippen LogP contribution in [0.15, 0.2) is 10.4 Å². The van der Waals surface area contributed by atoms with Crippen molar-refractivity contribution in [2.75, 3.05) is 6.26 Å². The molecule has 1 N–H and O–H groups in total. The summed E-state index contributed by atoms with van der Waals surface area (Å²) in [7, 11) is -1.05. The van der Waals surface area contributed by atoms with E-state index in [1.54, 1.807) is 6.26 Å². The number of carbonyl (C=O) groups is 1. The van der Waals surface area contributed by atoms with Gasteiger partial charge < -0.3 is 5.32 Å². The Balaban J connectivity index is 1.82. The number of nitrogens with zero attached hydrogens (tertiary/aromatic N) is 1. The fraction of sp³-hybridized carbons (Fsp3) is 0.455. The zero-order valence-electron chi connectivity index (χ0n) is 9.76. The molecule has 0 aromatic carbocycles. The lowest BCUT2D eigenvalue weighted by molar-refractivity contribution is 0.0921. The van der Waals surface area contributed by atoms with Crippen molar-refractivity contribution in [1.82, 2.24) is 10.3 Å². The molecule has 2 heterocycles. The molecule has 96 valence electrons. The van der Waals surface area contributed by atoms with Crippen LogP contribution in [-0.2, 0) is 10.8 Å². The summed E-state index contributed by atoms with van der Waals surface area (Å²) in [5.74, 6) is -0.00549. The van der Waals surface area contributed by atoms with Gasteiger partial charge in [0.25, 0.3) is 5.91 Å². The Hall–Kier alpha value is -0.790. The molecule has 0 aliphatic heterocycles. The number of aromatic nitrogens is 1. The van der Waals surface area contributed by atoms with Crippen molar-refractivity contribution in [2.24, 2.45) is 0 Å². The van der Waals surface area contributed by atoms with Gasteiger partial charge in [0.15, 0.2) is 4.34 Å². The van der Waals surface area contributed by atoms with Gasteiger partial charge in [-0.25, -0.2) is 4.98 Å². The first-order valence-electron chi connectivity index (χ1n) is 5.68. The van der Waals surface area contributed by atoms with Crippen LogP contribution in [0.1, 0.15) is 28.9 Å². The third-order valence-electron chi connectivity index (χ3n) is 2.98. The predicted molar refractivity (Wildman–Crippen MR) is 74.9 cm³/mol. The van der Waals surface area contributed by atoms with Gasteiger partial charge in [0, 0.05) is 12.3 Å². The van der Waals surface area contributed by atoms with E-state index in [4.69, 9.17) is 0 Å². The third-order valence-corrected chi connectivity index (χ3v) is 6.47. The maximum absolute atomic E-state index is 12.0. The molecule has 1 aliphatic carbocycles. The largest absolute Gasteiger partial charge is 0.349 e. The van der Waals surface area contributed by atoms with Crippen LogP contribution >= 0.6 is 22.7 Å². The van der Waals surface area contributed by atoms with Crippen molar-refractivity contribution in [2.45, 2.75) is 29.6 Å². The molecule has 2 aromatic rings. The van der Waals surface area contributed by atoms with Crippen LogP contribution in [0.5, 0.6) is 0 Å². The van der Waals surface area contributed by atoms with Gasteiger partial charge in [-0.2, -0.15) is 0 Å². The quantitative estimate of drug-likeness (QED) is 0.947. The van der Waals surface area contributed by atoms with E-state index in [-0.39, 0.29) is 5.91 Å². The highest BCUT2D eigenvalue weighted by Crippen LogP contribution is 2.31. The fourth-order valence-electron chi connectivity index (χ4n) is 1.76. The Kier molecular flexibility index (Phi) is 3.21. The summed E-state index contributed by atoms with van der Waals surface area (Å²) in [6.45, 7) is 0. The number of amides is 1. The van der Waals surface area contributed by atoms with Crippen molar-refractivity contribution in [3.8, 4) is 0 Å². The van der Waals surface area contributed by atoms with E-state index in [1.165, 1.54) is 29.1 Å². The standard InChI is InChI=1S/C11H12N2O2S3/c1-18(15)11-13-10-8(17-11)5-7(16-10)9(14)12-6-3-2-4-6/h5-6H,2-4H2,1H3,(H,12,14). The topological polar surface area (TPSA) is 59.1 Å². The second-order valence-corrected chi connectivity index (χ2v) is 7.93. The van der Waals surface area contributed by atoms with Crippen LogP contribution in [0.3, 0.4) is 0 Å². The van der Waals surface area contributed by atoms with Gasteiger partial charge >= 0.3 is 0 Å². The minimum atomic E-state index is -1.05. The molecule has 0 spiro atoms. The Bertz CT molecular complexity index is 596. The summed E-state index contributed by atoms with van der Waals surface area (Å²) >= 11 is 2.77. The molecular weight excluding hydrogens is 288 g/mol. The minimum Gasteiger partial charge on any atom is -0.349 e. The molecule has 1 atom stereocenters. The summed E-state index contributed by atoms with van der Waals surface area (Å²) in [4.78, 5) is 17.7. The molecule has 1 saturated carbocycles. The number of thiophene rings is 1. The SMILES string of the molecule is CS(=O)c1nc2sc(C(=O)NC3CCC3)cc2s1. The maximum atomic E-state index is 12.0. The molecule has 1 fully saturated rings. The van der Waals surface area contributed by atoms with Crippen molar-refractivity contribution in [3.63, 3.8) is 0 Å². The molecule has 3 rings (SSSR count). The zero-order valence-corrected chi connectivity index (χ0v) is 12.2. The number of thiazole rings is 1. The van der Waals surface area contributed by atoms with E-state index < -0.39 is 10.8 Å². The van der Waals surface area contributed by atoms with Crippen LogP contribution in [-0.4, -0.2) is 27.4 Å². The molecule has 0 radical (unpaired) electrons. The first-order chi connectivity index (χ1) is 8.63. The lowest BCUT2D eigenvalue weighted by Crippen LogP contribution is -2.39. The number of carbonyl (C=O) groups excluding carboxylic acids is 1. The average molecular weight is 300 g/mol. The number of hydrogen-bond donors (Lipinski definition) is 1. The van der Waals surface area contributed by atoms with E-state index in [1.807, 2.05) is 6.07 Å². The van der Waals surface area contributed by atoms with Gasteiger partial charge in [0.05, 0.1) is 20.4 Å². The second kappa shape index (κ2) is 4.71. The average Bonchev–Trinajstić information content (AvgIpc) is 2.79. The highest BCUT2D eigenvalue weighted by Gasteiger charge is 2.22. The molecule has 0 bridgehead atoms. The summed E-state index contributed by atoms with van der Waals surface area (Å²) in [6, 6.07) is 2.20. The Morgan fingerprint density at radius 2 is 2.28 bits per heavy atom. The molecule has 7 heteroatoms. The lowest BCUT2D eigenvalue weighted by Gasteiger charge is -2.25. The monoisotopic (exact) mass is 300 g/mol. The Morgan fingerprint density at radius 3 is 2.83 bits per heavy atom. The number of fused-ring (bicyclic) bond motifs is 1. The van der Waals surface area contributed by atoms with Crippen molar-refractivity contribution >= 4 is 48.9 Å². The summed E-state index contributed by atoms with van der Waals surface area (Å²) in [5.41, 5.74) is 0. The highest BCUT2D eigenvalue weighted by molar-refractivity contribution is 7.86. The van der Waals surface area contributed by atoms with Crippen LogP contribution in [0.2, 0.25) is 0 Å². The van der Waals surface area contributed by atoms with E-state index in [2.05, 4.69) is 10.3 Å². The van der Waals surface area contributed by atoms with E-state index in [0.29, 0.717) is 15.3 Å². The van der Waals surface area contributed by atoms with Gasteiger partial charge in [-0.05, 0) is 25.3 Å². The Morgan fingerprint density at radius 1 is 1.50 bits per heavy atom. The first kappa shape index (κ1) is 12.3. The van der Waals surface area contributed by atoms with Gasteiger partial charge in [-0.3, -0.25) is 9.00 Å². The summed E-state index contributed by atoms with van der Waals surface area (Å²) < 4.78 is 12.9. The van der Waals surface area contributed by atoms with E-state index in [9.17, 15) is 9.00 Å². The van der Waals surface area contributed by atoms with Crippen molar-refractivity contribution < 1.29 is 9.00 Å². The van der Waals surface area contributed by atoms with Crippen LogP contribution in [0.4, 0.5) is 0 Å². The van der Waals surface area contributed by atoms with Crippen molar-refractivity contribution in [1.29, 1.82) is 0 Å². The van der Waals surface area contributed by atoms with Gasteiger partial charge in [0.2, 0.25) is 0 Å². The first-order valence-corrected chi connectivity index (χ1v) is 8.87. The van der Waals surface area contributed by atoms with E-state index in [0.717, 1.165) is 22.4 Å². The molecular formula is C11H12N2O2S3. The Labute approximate surface area is 115 Å². The van der Waals surface area contributed by atoms with Gasteiger partial charge in [-0.1, -0.05) is 0 Å².